The van der Waals surface area contributed by atoms with Gasteiger partial charge in [-0.25, -0.2) is 4.79 Å². The summed E-state index contributed by atoms with van der Waals surface area (Å²) in [5.41, 5.74) is 1.26. The fourth-order valence-electron chi connectivity index (χ4n) is 2.63. The Morgan fingerprint density at radius 2 is 1.90 bits per heavy atom. The number of nitrogens with one attached hydrogen (secondary N) is 2. The van der Waals surface area contributed by atoms with E-state index in [0.717, 1.165) is 18.6 Å². The average Bonchev–Trinajstić information content (AvgIpc) is 3.10. The third-order valence-electron chi connectivity index (χ3n) is 4.16. The summed E-state index contributed by atoms with van der Waals surface area (Å²) >= 11 is 1.25. The molecule has 0 bridgehead atoms. The normalized spacial score (nSPS) is 10.8. The Hall–Kier alpha value is -2.55. The first-order chi connectivity index (χ1) is 14.4. The van der Waals surface area contributed by atoms with Crippen LogP contribution in [0.15, 0.2) is 29.4 Å². The third kappa shape index (κ3) is 7.70. The largest absolute Gasteiger partial charge is 0.486 e. The number of nitrogens with zero attached hydrogens (tertiary/aromatic N) is 3. The maximum atomic E-state index is 12.0. The van der Waals surface area contributed by atoms with E-state index in [-0.39, 0.29) is 18.3 Å². The molecule has 2 N–H and O–H groups in total. The van der Waals surface area contributed by atoms with E-state index in [1.807, 2.05) is 35.8 Å². The van der Waals surface area contributed by atoms with Crippen LogP contribution >= 0.6 is 11.8 Å². The molecule has 2 aromatic rings. The second-order valence-corrected chi connectivity index (χ2v) is 8.22. The molecule has 3 amide bonds. The fraction of sp³-hybridized carbons (Fsp3) is 0.524. The Balaban J connectivity index is 1.97. The van der Waals surface area contributed by atoms with Gasteiger partial charge in [0.05, 0.1) is 5.75 Å². The lowest BCUT2D eigenvalue weighted by Gasteiger charge is -2.13. The minimum atomic E-state index is -0.478. The third-order valence-corrected chi connectivity index (χ3v) is 5.13. The van der Waals surface area contributed by atoms with Crippen LogP contribution in [0.4, 0.5) is 4.79 Å². The van der Waals surface area contributed by atoms with Crippen LogP contribution < -0.4 is 15.4 Å². The van der Waals surface area contributed by atoms with Crippen LogP contribution in [0.25, 0.3) is 0 Å². The molecule has 8 nitrogen and oxygen atoms in total. The van der Waals surface area contributed by atoms with E-state index in [1.54, 1.807) is 0 Å². The molecule has 0 unspecified atom stereocenters. The minimum absolute atomic E-state index is 0.0785. The lowest BCUT2D eigenvalue weighted by molar-refractivity contribution is -0.117. The van der Waals surface area contributed by atoms with Crippen molar-refractivity contribution in [2.45, 2.75) is 58.8 Å². The highest BCUT2D eigenvalue weighted by Crippen LogP contribution is 2.20. The SMILES string of the molecule is CCCNC(=O)NC(=O)CSc1nnc(COc2ccc(CC)cc2)n1CC(C)C. The first-order valence-electron chi connectivity index (χ1n) is 10.3. The standard InChI is InChI=1S/C21H31N5O3S/c1-5-11-22-20(28)23-19(27)14-30-21-25-24-18(26(21)12-15(3)4)13-29-17-9-7-16(6-2)8-10-17/h7-10,15H,5-6,11-14H2,1-4H3,(H2,22,23,27,28). The number of hydrogen-bond donors (Lipinski definition) is 2. The van der Waals surface area contributed by atoms with Gasteiger partial charge in [-0.3, -0.25) is 10.1 Å². The van der Waals surface area contributed by atoms with Crippen LogP contribution in [-0.2, 0) is 24.4 Å². The Morgan fingerprint density at radius 3 is 2.53 bits per heavy atom. The molecular formula is C21H31N5O3S. The van der Waals surface area contributed by atoms with Crippen molar-refractivity contribution in [3.63, 3.8) is 0 Å². The second kappa shape index (κ2) is 12.2. The van der Waals surface area contributed by atoms with Gasteiger partial charge in [-0.1, -0.05) is 51.6 Å². The lowest BCUT2D eigenvalue weighted by Crippen LogP contribution is -2.40. The highest BCUT2D eigenvalue weighted by atomic mass is 32.2. The Kier molecular flexibility index (Phi) is 9.66. The summed E-state index contributed by atoms with van der Waals surface area (Å²) in [5.74, 6) is 1.55. The number of carbonyl (C=O) groups is 2. The first kappa shape index (κ1) is 23.7. The van der Waals surface area contributed by atoms with Gasteiger partial charge in [0.25, 0.3) is 0 Å². The van der Waals surface area contributed by atoms with Crippen molar-refractivity contribution in [3.05, 3.63) is 35.7 Å². The molecule has 0 spiro atoms. The van der Waals surface area contributed by atoms with Crippen molar-refractivity contribution < 1.29 is 14.3 Å². The van der Waals surface area contributed by atoms with Crippen molar-refractivity contribution in [2.24, 2.45) is 5.92 Å². The number of amides is 3. The number of ether oxygens (including phenoxy) is 1. The number of aryl methyl sites for hydroxylation is 1. The van der Waals surface area contributed by atoms with Crippen molar-refractivity contribution in [1.82, 2.24) is 25.4 Å². The number of carbonyl (C=O) groups excluding carboxylic acids is 2. The molecule has 1 aromatic heterocycles. The Labute approximate surface area is 182 Å². The van der Waals surface area contributed by atoms with Crippen LogP contribution in [0.1, 0.15) is 45.5 Å². The molecule has 0 saturated heterocycles. The predicted octanol–water partition coefficient (Wildman–Crippen LogP) is 3.40. The van der Waals surface area contributed by atoms with Gasteiger partial charge < -0.3 is 14.6 Å². The summed E-state index contributed by atoms with van der Waals surface area (Å²) in [6.45, 7) is 9.79. The second-order valence-electron chi connectivity index (χ2n) is 7.28. The molecular weight excluding hydrogens is 402 g/mol. The topological polar surface area (TPSA) is 98.1 Å². The zero-order valence-corrected chi connectivity index (χ0v) is 18.9. The van der Waals surface area contributed by atoms with Gasteiger partial charge in [0.1, 0.15) is 12.4 Å². The number of aromatic nitrogens is 3. The van der Waals surface area contributed by atoms with Crippen LogP contribution in [0.3, 0.4) is 0 Å². The van der Waals surface area contributed by atoms with Crippen molar-refractivity contribution in [1.29, 1.82) is 0 Å². The molecule has 9 heteroatoms. The average molecular weight is 434 g/mol. The maximum Gasteiger partial charge on any atom is 0.321 e. The van der Waals surface area contributed by atoms with E-state index in [9.17, 15) is 9.59 Å². The summed E-state index contributed by atoms with van der Waals surface area (Å²) in [7, 11) is 0. The molecule has 0 aliphatic heterocycles. The number of urea groups is 1. The predicted molar refractivity (Wildman–Crippen MR) is 118 cm³/mol. The van der Waals surface area contributed by atoms with Crippen LogP contribution in [0.2, 0.25) is 0 Å². The zero-order valence-electron chi connectivity index (χ0n) is 18.1. The smallest absolute Gasteiger partial charge is 0.321 e. The lowest BCUT2D eigenvalue weighted by atomic mass is 10.2. The van der Waals surface area contributed by atoms with Gasteiger partial charge in [0, 0.05) is 13.1 Å². The molecule has 0 atom stereocenters. The summed E-state index contributed by atoms with van der Waals surface area (Å²) in [6, 6.07) is 7.52. The number of imide groups is 1. The molecule has 1 aromatic carbocycles. The number of thioether (sulfide) groups is 1. The number of rotatable bonds is 11. The van der Waals surface area contributed by atoms with E-state index < -0.39 is 6.03 Å². The molecule has 164 valence electrons. The first-order valence-corrected chi connectivity index (χ1v) is 11.3. The molecule has 0 fully saturated rings. The van der Waals surface area contributed by atoms with Crippen LogP contribution in [-0.4, -0.2) is 39.0 Å². The van der Waals surface area contributed by atoms with Gasteiger partial charge in [-0.2, -0.15) is 0 Å². The monoisotopic (exact) mass is 433 g/mol. The molecule has 30 heavy (non-hydrogen) atoms. The van der Waals surface area contributed by atoms with E-state index in [1.165, 1.54) is 17.3 Å². The van der Waals surface area contributed by atoms with Crippen LogP contribution in [0.5, 0.6) is 5.75 Å². The highest BCUT2D eigenvalue weighted by molar-refractivity contribution is 7.99. The molecule has 0 aliphatic rings. The van der Waals surface area contributed by atoms with Crippen LogP contribution in [0, 0.1) is 5.92 Å². The summed E-state index contributed by atoms with van der Waals surface area (Å²) in [6.07, 6.45) is 1.79. The summed E-state index contributed by atoms with van der Waals surface area (Å²) < 4.78 is 7.85. The zero-order chi connectivity index (χ0) is 21.9. The molecule has 1 heterocycles. The van der Waals surface area contributed by atoms with Gasteiger partial charge >= 0.3 is 6.03 Å². The molecule has 0 saturated carbocycles. The summed E-state index contributed by atoms with van der Waals surface area (Å²) in [5, 5.41) is 14.0. The van der Waals surface area contributed by atoms with Gasteiger partial charge in [0.2, 0.25) is 5.91 Å². The van der Waals surface area contributed by atoms with Crippen molar-refractivity contribution >= 4 is 23.7 Å². The fourth-order valence-corrected chi connectivity index (χ4v) is 3.39. The minimum Gasteiger partial charge on any atom is -0.486 e. The summed E-state index contributed by atoms with van der Waals surface area (Å²) in [4.78, 5) is 23.6. The van der Waals surface area contributed by atoms with Gasteiger partial charge in [-0.05, 0) is 36.5 Å². The van der Waals surface area contributed by atoms with Gasteiger partial charge in [0.15, 0.2) is 11.0 Å². The quantitative estimate of drug-likeness (QED) is 0.527. The Bertz CT molecular complexity index is 821. The number of hydrogen-bond acceptors (Lipinski definition) is 6. The molecule has 0 aliphatic carbocycles. The highest BCUT2D eigenvalue weighted by Gasteiger charge is 2.16. The number of benzene rings is 1. The van der Waals surface area contributed by atoms with Crippen molar-refractivity contribution in [3.8, 4) is 5.75 Å². The molecule has 0 radical (unpaired) electrons. The van der Waals surface area contributed by atoms with Crippen molar-refractivity contribution in [2.75, 3.05) is 12.3 Å². The Morgan fingerprint density at radius 1 is 1.17 bits per heavy atom. The van der Waals surface area contributed by atoms with E-state index in [2.05, 4.69) is 41.6 Å². The van der Waals surface area contributed by atoms with E-state index >= 15 is 0 Å². The van der Waals surface area contributed by atoms with E-state index in [4.69, 9.17) is 4.74 Å². The maximum absolute atomic E-state index is 12.0. The molecule has 2 rings (SSSR count). The van der Waals surface area contributed by atoms with Gasteiger partial charge in [-0.15, -0.1) is 10.2 Å². The van der Waals surface area contributed by atoms with E-state index in [0.29, 0.717) is 30.0 Å².